The minimum Gasteiger partial charge on any atom is -0.481 e. The first-order valence-corrected chi connectivity index (χ1v) is 9.11. The number of nitrogens with two attached hydrogens (primary N) is 1. The molecule has 0 spiro atoms. The van der Waals surface area contributed by atoms with Crippen LogP contribution in [0.1, 0.15) is 40.5 Å². The Kier molecular flexibility index (Phi) is 10.8. The molecular formula is C17H30N4O8. The Balaban J connectivity index is 5.20. The Labute approximate surface area is 168 Å². The van der Waals surface area contributed by atoms with Gasteiger partial charge in [0.1, 0.15) is 24.2 Å². The number of hydrogen-bond donors (Lipinski definition) is 7. The molecule has 0 bridgehead atoms. The van der Waals surface area contributed by atoms with Gasteiger partial charge in [-0.3, -0.25) is 19.2 Å². The summed E-state index contributed by atoms with van der Waals surface area (Å²) in [6.45, 7) is 5.90. The van der Waals surface area contributed by atoms with E-state index in [2.05, 4.69) is 16.0 Å². The van der Waals surface area contributed by atoms with Gasteiger partial charge < -0.3 is 37.0 Å². The first-order chi connectivity index (χ1) is 13.3. The Bertz CT molecular complexity index is 625. The maximum absolute atomic E-state index is 12.4. The van der Waals surface area contributed by atoms with Gasteiger partial charge in [-0.1, -0.05) is 20.3 Å². The molecule has 8 N–H and O–H groups in total. The molecular weight excluding hydrogens is 388 g/mol. The van der Waals surface area contributed by atoms with Crippen LogP contribution in [0.4, 0.5) is 0 Å². The van der Waals surface area contributed by atoms with Gasteiger partial charge in [0.15, 0.2) is 0 Å². The zero-order chi connectivity index (χ0) is 22.9. The molecule has 3 amide bonds. The van der Waals surface area contributed by atoms with Gasteiger partial charge in [-0.05, 0) is 19.8 Å². The van der Waals surface area contributed by atoms with Crippen LogP contribution in [0.25, 0.3) is 0 Å². The van der Waals surface area contributed by atoms with Gasteiger partial charge in [-0.15, -0.1) is 0 Å². The van der Waals surface area contributed by atoms with Crippen LogP contribution in [0.2, 0.25) is 0 Å². The number of aliphatic hydroxyl groups excluding tert-OH is 1. The molecule has 0 aromatic heterocycles. The first kappa shape index (κ1) is 26.3. The minimum atomic E-state index is -1.56. The van der Waals surface area contributed by atoms with Crippen molar-refractivity contribution in [3.05, 3.63) is 0 Å². The Morgan fingerprint density at radius 2 is 1.45 bits per heavy atom. The van der Waals surface area contributed by atoms with Crippen molar-refractivity contribution < 1.29 is 39.3 Å². The van der Waals surface area contributed by atoms with Crippen molar-refractivity contribution in [1.82, 2.24) is 16.0 Å². The average molecular weight is 418 g/mol. The number of nitrogens with one attached hydrogen (secondary N) is 3. The van der Waals surface area contributed by atoms with Crippen molar-refractivity contribution in [3.8, 4) is 0 Å². The van der Waals surface area contributed by atoms with E-state index in [9.17, 15) is 34.2 Å². The minimum absolute atomic E-state index is 0.433. The number of hydrogen-bond acceptors (Lipinski definition) is 7. The van der Waals surface area contributed by atoms with E-state index in [1.54, 1.807) is 13.8 Å². The largest absolute Gasteiger partial charge is 0.481 e. The number of carbonyl (C=O) groups is 5. The number of aliphatic carboxylic acids is 2. The SMILES string of the molecule is CCC(C)C(NC(=O)C(CC(=O)O)NC(=O)C(C)NC(=O)C(N)C(C)O)C(=O)O. The molecule has 0 radical (unpaired) electrons. The summed E-state index contributed by atoms with van der Waals surface area (Å²) < 4.78 is 0. The maximum atomic E-state index is 12.4. The van der Waals surface area contributed by atoms with Crippen molar-refractivity contribution in [2.45, 2.75) is 70.8 Å². The summed E-state index contributed by atoms with van der Waals surface area (Å²) in [5.41, 5.74) is 5.46. The first-order valence-electron chi connectivity index (χ1n) is 9.11. The molecule has 0 rings (SSSR count). The van der Waals surface area contributed by atoms with Gasteiger partial charge in [-0.25, -0.2) is 4.79 Å². The molecule has 0 heterocycles. The van der Waals surface area contributed by atoms with Crippen LogP contribution in [-0.4, -0.2) is 75.3 Å². The van der Waals surface area contributed by atoms with E-state index in [1.165, 1.54) is 13.8 Å². The number of rotatable bonds is 12. The molecule has 29 heavy (non-hydrogen) atoms. The third-order valence-corrected chi connectivity index (χ3v) is 4.36. The van der Waals surface area contributed by atoms with E-state index in [-0.39, 0.29) is 0 Å². The van der Waals surface area contributed by atoms with Crippen molar-refractivity contribution in [1.29, 1.82) is 0 Å². The molecule has 166 valence electrons. The zero-order valence-corrected chi connectivity index (χ0v) is 16.8. The topological polar surface area (TPSA) is 208 Å². The van der Waals surface area contributed by atoms with Crippen molar-refractivity contribution in [3.63, 3.8) is 0 Å². The summed E-state index contributed by atoms with van der Waals surface area (Å²) in [6.07, 6.45) is -1.51. The number of amides is 3. The molecule has 6 unspecified atom stereocenters. The van der Waals surface area contributed by atoms with Crippen LogP contribution in [-0.2, 0) is 24.0 Å². The predicted octanol–water partition coefficient (Wildman–Crippen LogP) is -2.23. The Morgan fingerprint density at radius 1 is 0.897 bits per heavy atom. The molecule has 12 nitrogen and oxygen atoms in total. The summed E-state index contributed by atoms with van der Waals surface area (Å²) in [5, 5.41) is 34.2. The predicted molar refractivity (Wildman–Crippen MR) is 100 cm³/mol. The summed E-state index contributed by atoms with van der Waals surface area (Å²) in [7, 11) is 0. The van der Waals surface area contributed by atoms with E-state index in [4.69, 9.17) is 10.8 Å². The fraction of sp³-hybridized carbons (Fsp3) is 0.706. The molecule has 0 aromatic rings. The Morgan fingerprint density at radius 3 is 1.86 bits per heavy atom. The third-order valence-electron chi connectivity index (χ3n) is 4.36. The van der Waals surface area contributed by atoms with Gasteiger partial charge >= 0.3 is 11.9 Å². The number of carboxylic acids is 2. The summed E-state index contributed by atoms with van der Waals surface area (Å²) >= 11 is 0. The molecule has 6 atom stereocenters. The summed E-state index contributed by atoms with van der Waals surface area (Å²) in [5.74, 6) is -5.79. The van der Waals surface area contributed by atoms with Gasteiger partial charge in [-0.2, -0.15) is 0 Å². The second-order valence-electron chi connectivity index (χ2n) is 6.87. The lowest BCUT2D eigenvalue weighted by atomic mass is 9.98. The number of aliphatic hydroxyl groups is 1. The van der Waals surface area contributed by atoms with Crippen LogP contribution in [0.5, 0.6) is 0 Å². The van der Waals surface area contributed by atoms with Crippen LogP contribution in [0, 0.1) is 5.92 Å². The Hall–Kier alpha value is -2.73. The van der Waals surface area contributed by atoms with E-state index >= 15 is 0 Å². The van der Waals surface area contributed by atoms with Crippen molar-refractivity contribution >= 4 is 29.7 Å². The smallest absolute Gasteiger partial charge is 0.326 e. The van der Waals surface area contributed by atoms with E-state index < -0.39 is 72.3 Å². The van der Waals surface area contributed by atoms with E-state index in [1.807, 2.05) is 0 Å². The lowest BCUT2D eigenvalue weighted by Gasteiger charge is -2.25. The standard InChI is InChI=1S/C17H30N4O8/c1-5-7(2)13(17(28)29)21-15(26)10(6-11(23)24)20-14(25)8(3)19-16(27)12(18)9(4)22/h7-10,12-13,22H,5-6,18H2,1-4H3,(H,19,27)(H,20,25)(H,21,26)(H,23,24)(H,28,29). The highest BCUT2D eigenvalue weighted by Crippen LogP contribution is 2.09. The van der Waals surface area contributed by atoms with Gasteiger partial charge in [0.05, 0.1) is 12.5 Å². The highest BCUT2D eigenvalue weighted by Gasteiger charge is 2.32. The monoisotopic (exact) mass is 418 g/mol. The van der Waals surface area contributed by atoms with Crippen LogP contribution in [0.15, 0.2) is 0 Å². The van der Waals surface area contributed by atoms with Crippen LogP contribution in [0.3, 0.4) is 0 Å². The molecule has 0 aromatic carbocycles. The highest BCUT2D eigenvalue weighted by atomic mass is 16.4. The van der Waals surface area contributed by atoms with Crippen molar-refractivity contribution in [2.24, 2.45) is 11.7 Å². The van der Waals surface area contributed by atoms with Crippen LogP contribution >= 0.6 is 0 Å². The van der Waals surface area contributed by atoms with E-state index in [0.717, 1.165) is 0 Å². The molecule has 0 aliphatic rings. The number of carbonyl (C=O) groups excluding carboxylic acids is 3. The van der Waals surface area contributed by atoms with Gasteiger partial charge in [0.25, 0.3) is 0 Å². The fourth-order valence-electron chi connectivity index (χ4n) is 2.21. The molecule has 0 saturated heterocycles. The quantitative estimate of drug-likeness (QED) is 0.183. The van der Waals surface area contributed by atoms with E-state index in [0.29, 0.717) is 6.42 Å². The second kappa shape index (κ2) is 12.0. The highest BCUT2D eigenvalue weighted by molar-refractivity contribution is 5.95. The van der Waals surface area contributed by atoms with Crippen LogP contribution < -0.4 is 21.7 Å². The molecule has 12 heteroatoms. The lowest BCUT2D eigenvalue weighted by molar-refractivity contribution is -0.144. The summed E-state index contributed by atoms with van der Waals surface area (Å²) in [6, 6.07) is -5.30. The zero-order valence-electron chi connectivity index (χ0n) is 16.8. The maximum Gasteiger partial charge on any atom is 0.326 e. The van der Waals surface area contributed by atoms with Crippen molar-refractivity contribution in [2.75, 3.05) is 0 Å². The normalized spacial score (nSPS) is 17.0. The molecule has 0 fully saturated rings. The average Bonchev–Trinajstić information content (AvgIpc) is 2.62. The molecule has 0 aliphatic heterocycles. The third kappa shape index (κ3) is 8.87. The molecule has 0 aliphatic carbocycles. The van der Waals surface area contributed by atoms with Gasteiger partial charge in [0.2, 0.25) is 17.7 Å². The second-order valence-corrected chi connectivity index (χ2v) is 6.87. The summed E-state index contributed by atoms with van der Waals surface area (Å²) in [4.78, 5) is 58.9. The fourth-order valence-corrected chi connectivity index (χ4v) is 2.21. The van der Waals surface area contributed by atoms with Gasteiger partial charge in [0, 0.05) is 0 Å². The number of carboxylic acid groups (broad SMARTS) is 2. The molecule has 0 saturated carbocycles. The lowest BCUT2D eigenvalue weighted by Crippen LogP contribution is -2.58.